The number of carbonyl (C=O) groups excluding carboxylic acids is 1. The van der Waals surface area contributed by atoms with E-state index >= 15 is 4.39 Å². The highest BCUT2D eigenvalue weighted by atomic mass is 32.2. The van der Waals surface area contributed by atoms with E-state index in [0.717, 1.165) is 35.8 Å². The molecule has 5 nitrogen and oxygen atoms in total. The van der Waals surface area contributed by atoms with E-state index < -0.39 is 10.0 Å². The van der Waals surface area contributed by atoms with Crippen molar-refractivity contribution in [3.8, 4) is 11.1 Å². The summed E-state index contributed by atoms with van der Waals surface area (Å²) in [6.45, 7) is 3.02. The molecule has 0 aromatic heterocycles. The molecule has 1 aliphatic carbocycles. The number of likely N-dealkylation sites (tertiary alicyclic amines) is 1. The quantitative estimate of drug-likeness (QED) is 0.762. The van der Waals surface area contributed by atoms with Gasteiger partial charge in [-0.2, -0.15) is 0 Å². The van der Waals surface area contributed by atoms with E-state index in [2.05, 4.69) is 4.72 Å². The van der Waals surface area contributed by atoms with Gasteiger partial charge in [0.2, 0.25) is 15.9 Å². The molecule has 7 heteroatoms. The maximum atomic E-state index is 15.1. The van der Waals surface area contributed by atoms with Crippen LogP contribution in [0.4, 0.5) is 4.39 Å². The molecule has 4 rings (SSSR count). The highest BCUT2D eigenvalue weighted by Gasteiger charge is 2.48. The summed E-state index contributed by atoms with van der Waals surface area (Å²) in [5.74, 6) is -0.507. The Labute approximate surface area is 183 Å². The van der Waals surface area contributed by atoms with E-state index in [0.29, 0.717) is 31.5 Å². The van der Waals surface area contributed by atoms with E-state index in [1.807, 2.05) is 48.2 Å². The van der Waals surface area contributed by atoms with Crippen molar-refractivity contribution in [2.45, 2.75) is 44.6 Å². The Morgan fingerprint density at radius 1 is 1.13 bits per heavy atom. The molecule has 2 fully saturated rings. The monoisotopic (exact) mass is 444 g/mol. The van der Waals surface area contributed by atoms with Gasteiger partial charge < -0.3 is 4.90 Å². The molecule has 1 N–H and O–H groups in total. The molecule has 3 atom stereocenters. The van der Waals surface area contributed by atoms with E-state index in [1.54, 1.807) is 6.07 Å². The largest absolute Gasteiger partial charge is 0.342 e. The van der Waals surface area contributed by atoms with Gasteiger partial charge in [-0.25, -0.2) is 17.5 Å². The highest BCUT2D eigenvalue weighted by Crippen LogP contribution is 2.52. The Balaban J connectivity index is 1.50. The molecule has 0 unspecified atom stereocenters. The smallest absolute Gasteiger partial charge is 0.226 e. The third kappa shape index (κ3) is 5.15. The van der Waals surface area contributed by atoms with Crippen LogP contribution < -0.4 is 4.72 Å². The number of hydrogen-bond acceptors (Lipinski definition) is 3. The van der Waals surface area contributed by atoms with Crippen molar-refractivity contribution in [1.82, 2.24) is 9.62 Å². The Morgan fingerprint density at radius 3 is 2.58 bits per heavy atom. The van der Waals surface area contributed by atoms with Gasteiger partial charge in [-0.3, -0.25) is 4.79 Å². The van der Waals surface area contributed by atoms with Crippen LogP contribution in [0.2, 0.25) is 0 Å². The molecule has 1 heterocycles. The number of amides is 1. The van der Waals surface area contributed by atoms with E-state index in [1.165, 1.54) is 0 Å². The highest BCUT2D eigenvalue weighted by molar-refractivity contribution is 7.88. The maximum absolute atomic E-state index is 15.1. The summed E-state index contributed by atoms with van der Waals surface area (Å²) in [5.41, 5.74) is 3.33. The summed E-state index contributed by atoms with van der Waals surface area (Å²) in [7, 11) is -3.26. The van der Waals surface area contributed by atoms with Gasteiger partial charge in [-0.1, -0.05) is 36.4 Å². The van der Waals surface area contributed by atoms with Crippen LogP contribution in [0.15, 0.2) is 42.5 Å². The van der Waals surface area contributed by atoms with Crippen molar-refractivity contribution in [2.75, 3.05) is 19.3 Å². The second-order valence-electron chi connectivity index (χ2n) is 8.87. The third-order valence-electron chi connectivity index (χ3n) is 6.26. The van der Waals surface area contributed by atoms with Gasteiger partial charge in [0.05, 0.1) is 6.26 Å². The van der Waals surface area contributed by atoms with Crippen LogP contribution in [0.5, 0.6) is 0 Å². The zero-order valence-corrected chi connectivity index (χ0v) is 18.8. The first-order chi connectivity index (χ1) is 14.7. The molecule has 2 aromatic rings. The zero-order valence-electron chi connectivity index (χ0n) is 18.0. The first-order valence-electron chi connectivity index (χ1n) is 10.8. The summed E-state index contributed by atoms with van der Waals surface area (Å²) in [5, 5.41) is 0. The molecule has 2 aliphatic rings. The van der Waals surface area contributed by atoms with Gasteiger partial charge in [0.1, 0.15) is 5.82 Å². The summed E-state index contributed by atoms with van der Waals surface area (Å²) in [4.78, 5) is 15.0. The second kappa shape index (κ2) is 8.71. The number of hydrogen-bond donors (Lipinski definition) is 1. The van der Waals surface area contributed by atoms with Gasteiger partial charge >= 0.3 is 0 Å². The third-order valence-corrected chi connectivity index (χ3v) is 7.02. The minimum absolute atomic E-state index is 0.0593. The Morgan fingerprint density at radius 2 is 1.87 bits per heavy atom. The fourth-order valence-electron chi connectivity index (χ4n) is 4.75. The lowest BCUT2D eigenvalue weighted by Crippen LogP contribution is -2.36. The number of rotatable bonds is 5. The first-order valence-corrected chi connectivity index (χ1v) is 12.7. The minimum atomic E-state index is -3.26. The molecule has 166 valence electrons. The number of benzene rings is 2. The van der Waals surface area contributed by atoms with Gasteiger partial charge in [0.15, 0.2) is 0 Å². The second-order valence-corrected chi connectivity index (χ2v) is 10.6. The van der Waals surface area contributed by atoms with Crippen LogP contribution in [0.3, 0.4) is 0 Å². The average molecular weight is 445 g/mol. The van der Waals surface area contributed by atoms with Gasteiger partial charge in [0.25, 0.3) is 0 Å². The van der Waals surface area contributed by atoms with Crippen molar-refractivity contribution in [2.24, 2.45) is 5.92 Å². The van der Waals surface area contributed by atoms with Crippen LogP contribution in [0, 0.1) is 18.7 Å². The standard InChI is InChI=1S/C24H29FN2O3S/c1-16-13-19(17-7-4-3-5-8-17)23(22(25)14-16)20-15-21(20)24(28)27-11-6-9-18(10-12-27)26-31(2,29)30/h3-5,7-8,13-14,18,20-21,26H,6,9-12,15H2,1-2H3/t18-,20-,21-/m1/s1. The number of carbonyl (C=O) groups is 1. The molecular weight excluding hydrogens is 415 g/mol. The predicted molar refractivity (Wildman–Crippen MR) is 120 cm³/mol. The first kappa shape index (κ1) is 22.0. The molecule has 0 spiro atoms. The fraction of sp³-hybridized carbons (Fsp3) is 0.458. The molecule has 1 aliphatic heterocycles. The Bertz CT molecular complexity index is 1070. The number of nitrogens with zero attached hydrogens (tertiary/aromatic N) is 1. The van der Waals surface area contributed by atoms with Crippen LogP contribution in [0.25, 0.3) is 11.1 Å². The van der Waals surface area contributed by atoms with Gasteiger partial charge in [-0.05, 0) is 66.8 Å². The lowest BCUT2D eigenvalue weighted by atomic mass is 9.93. The molecule has 2 aromatic carbocycles. The summed E-state index contributed by atoms with van der Waals surface area (Å²) in [6.07, 6.45) is 3.89. The number of nitrogens with one attached hydrogen (secondary N) is 1. The zero-order chi connectivity index (χ0) is 22.2. The maximum Gasteiger partial charge on any atom is 0.226 e. The summed E-state index contributed by atoms with van der Waals surface area (Å²) >= 11 is 0. The topological polar surface area (TPSA) is 66.5 Å². The lowest BCUT2D eigenvalue weighted by molar-refractivity contribution is -0.132. The Hall–Kier alpha value is -2.25. The van der Waals surface area contributed by atoms with E-state index in [4.69, 9.17) is 0 Å². The molecule has 1 saturated carbocycles. The van der Waals surface area contributed by atoms with Crippen LogP contribution >= 0.6 is 0 Å². The molecular formula is C24H29FN2O3S. The fourth-order valence-corrected chi connectivity index (χ4v) is 5.59. The molecule has 0 radical (unpaired) electrons. The SMILES string of the molecule is Cc1cc(F)c([C@@H]2C[C@H]2C(=O)N2CCC[C@@H](NS(C)(=O)=O)CC2)c(-c2ccccc2)c1. The average Bonchev–Trinajstić information content (AvgIpc) is 3.51. The number of sulfonamides is 1. The molecule has 31 heavy (non-hydrogen) atoms. The van der Waals surface area contributed by atoms with Gasteiger partial charge in [0, 0.05) is 25.0 Å². The van der Waals surface area contributed by atoms with Crippen LogP contribution in [-0.4, -0.2) is 44.6 Å². The number of halogens is 1. The molecule has 1 saturated heterocycles. The van der Waals surface area contributed by atoms with Crippen molar-refractivity contribution < 1.29 is 17.6 Å². The Kier molecular flexibility index (Phi) is 6.17. The van der Waals surface area contributed by atoms with Gasteiger partial charge in [-0.15, -0.1) is 0 Å². The molecule has 0 bridgehead atoms. The lowest BCUT2D eigenvalue weighted by Gasteiger charge is -2.21. The van der Waals surface area contributed by atoms with Crippen LogP contribution in [0.1, 0.15) is 42.7 Å². The minimum Gasteiger partial charge on any atom is -0.342 e. The summed E-state index contributed by atoms with van der Waals surface area (Å²) < 4.78 is 40.8. The van der Waals surface area contributed by atoms with Crippen molar-refractivity contribution in [3.63, 3.8) is 0 Å². The van der Waals surface area contributed by atoms with Crippen LogP contribution in [-0.2, 0) is 14.8 Å². The van der Waals surface area contributed by atoms with Crippen molar-refractivity contribution in [1.29, 1.82) is 0 Å². The number of aryl methyl sites for hydroxylation is 1. The summed E-state index contributed by atoms with van der Waals surface area (Å²) in [6, 6.07) is 13.2. The normalized spacial score (nSPS) is 24.0. The molecule has 1 amide bonds. The van der Waals surface area contributed by atoms with Crippen molar-refractivity contribution >= 4 is 15.9 Å². The predicted octanol–water partition coefficient (Wildman–Crippen LogP) is 3.83. The van der Waals surface area contributed by atoms with E-state index in [9.17, 15) is 13.2 Å². The van der Waals surface area contributed by atoms with Crippen molar-refractivity contribution in [3.05, 3.63) is 59.4 Å². The van der Waals surface area contributed by atoms with E-state index in [-0.39, 0.29) is 29.6 Å².